The lowest BCUT2D eigenvalue weighted by Gasteiger charge is -2.07. The SMILES string of the molecule is COc1ccc(OCCSc2cc(Cl)nc(N)n2)cc1. The largest absolute Gasteiger partial charge is 0.497 e. The quantitative estimate of drug-likeness (QED) is 0.502. The molecule has 0 aliphatic carbocycles. The van der Waals surface area contributed by atoms with E-state index in [2.05, 4.69) is 9.97 Å². The maximum Gasteiger partial charge on any atom is 0.222 e. The van der Waals surface area contributed by atoms with Crippen molar-refractivity contribution >= 4 is 29.3 Å². The Morgan fingerprint density at radius 3 is 2.55 bits per heavy atom. The van der Waals surface area contributed by atoms with Crippen LogP contribution < -0.4 is 15.2 Å². The van der Waals surface area contributed by atoms with Crippen molar-refractivity contribution in [2.45, 2.75) is 5.03 Å². The summed E-state index contributed by atoms with van der Waals surface area (Å²) in [5, 5.41) is 1.08. The zero-order valence-corrected chi connectivity index (χ0v) is 12.4. The van der Waals surface area contributed by atoms with E-state index < -0.39 is 0 Å². The molecule has 0 radical (unpaired) electrons. The van der Waals surface area contributed by atoms with E-state index in [0.717, 1.165) is 22.3 Å². The lowest BCUT2D eigenvalue weighted by Crippen LogP contribution is -2.01. The number of aromatic nitrogens is 2. The normalized spacial score (nSPS) is 10.3. The number of nitrogen functional groups attached to an aromatic ring is 1. The summed E-state index contributed by atoms with van der Waals surface area (Å²) in [6.45, 7) is 0.554. The van der Waals surface area contributed by atoms with Crippen molar-refractivity contribution in [3.63, 3.8) is 0 Å². The summed E-state index contributed by atoms with van der Waals surface area (Å²) in [6, 6.07) is 9.11. The summed E-state index contributed by atoms with van der Waals surface area (Å²) < 4.78 is 10.7. The van der Waals surface area contributed by atoms with E-state index in [1.807, 2.05) is 24.3 Å². The van der Waals surface area contributed by atoms with Gasteiger partial charge in [-0.25, -0.2) is 9.97 Å². The molecule has 7 heteroatoms. The van der Waals surface area contributed by atoms with Crippen LogP contribution in [0.5, 0.6) is 11.5 Å². The summed E-state index contributed by atoms with van der Waals surface area (Å²) in [5.41, 5.74) is 5.52. The number of nitrogens with two attached hydrogens (primary N) is 1. The number of benzene rings is 1. The molecule has 0 atom stereocenters. The first kappa shape index (κ1) is 14.7. The topological polar surface area (TPSA) is 70.3 Å². The van der Waals surface area contributed by atoms with Gasteiger partial charge in [-0.15, -0.1) is 11.8 Å². The molecule has 0 amide bonds. The van der Waals surface area contributed by atoms with Crippen LogP contribution in [0.3, 0.4) is 0 Å². The van der Waals surface area contributed by atoms with Crippen LogP contribution in [0.2, 0.25) is 5.15 Å². The Morgan fingerprint density at radius 1 is 1.20 bits per heavy atom. The van der Waals surface area contributed by atoms with E-state index in [4.69, 9.17) is 26.8 Å². The number of hydrogen-bond donors (Lipinski definition) is 1. The average molecular weight is 312 g/mol. The van der Waals surface area contributed by atoms with Crippen LogP contribution in [0, 0.1) is 0 Å². The number of methoxy groups -OCH3 is 1. The third kappa shape index (κ3) is 4.47. The van der Waals surface area contributed by atoms with Gasteiger partial charge in [0.15, 0.2) is 0 Å². The summed E-state index contributed by atoms with van der Waals surface area (Å²) >= 11 is 7.31. The lowest BCUT2D eigenvalue weighted by molar-refractivity contribution is 0.342. The third-order valence-corrected chi connectivity index (χ3v) is 3.42. The van der Waals surface area contributed by atoms with Gasteiger partial charge in [0.2, 0.25) is 5.95 Å². The number of rotatable bonds is 6. The van der Waals surface area contributed by atoms with E-state index in [-0.39, 0.29) is 5.95 Å². The minimum Gasteiger partial charge on any atom is -0.497 e. The zero-order valence-electron chi connectivity index (χ0n) is 10.9. The van der Waals surface area contributed by atoms with Gasteiger partial charge < -0.3 is 15.2 Å². The molecule has 2 N–H and O–H groups in total. The Kier molecular flexibility index (Phi) is 5.31. The van der Waals surface area contributed by atoms with Crippen molar-refractivity contribution < 1.29 is 9.47 Å². The minimum absolute atomic E-state index is 0.177. The van der Waals surface area contributed by atoms with Crippen LogP contribution in [0.25, 0.3) is 0 Å². The fourth-order valence-electron chi connectivity index (χ4n) is 1.47. The van der Waals surface area contributed by atoms with Crippen molar-refractivity contribution in [1.82, 2.24) is 9.97 Å². The Bertz CT molecular complexity index is 546. The fourth-order valence-corrected chi connectivity index (χ4v) is 2.45. The molecule has 20 heavy (non-hydrogen) atoms. The molecule has 0 aliphatic heterocycles. The molecule has 0 unspecified atom stereocenters. The Hall–Kier alpha value is -1.66. The molecule has 0 saturated carbocycles. The lowest BCUT2D eigenvalue weighted by atomic mass is 10.3. The molecule has 2 rings (SSSR count). The van der Waals surface area contributed by atoms with E-state index in [1.165, 1.54) is 11.8 Å². The molecular weight excluding hydrogens is 298 g/mol. The van der Waals surface area contributed by atoms with Gasteiger partial charge in [-0.3, -0.25) is 0 Å². The third-order valence-electron chi connectivity index (χ3n) is 2.35. The van der Waals surface area contributed by atoms with E-state index >= 15 is 0 Å². The van der Waals surface area contributed by atoms with Gasteiger partial charge in [0, 0.05) is 11.8 Å². The van der Waals surface area contributed by atoms with Crippen LogP contribution in [-0.4, -0.2) is 29.4 Å². The van der Waals surface area contributed by atoms with Crippen LogP contribution >= 0.6 is 23.4 Å². The highest BCUT2D eigenvalue weighted by Gasteiger charge is 2.02. The first-order valence-corrected chi connectivity index (χ1v) is 7.23. The Morgan fingerprint density at radius 2 is 1.90 bits per heavy atom. The molecule has 0 spiro atoms. The number of halogens is 1. The van der Waals surface area contributed by atoms with Gasteiger partial charge in [0.05, 0.1) is 13.7 Å². The van der Waals surface area contributed by atoms with Gasteiger partial charge in [-0.05, 0) is 24.3 Å². The van der Waals surface area contributed by atoms with E-state index in [1.54, 1.807) is 13.2 Å². The van der Waals surface area contributed by atoms with Crippen molar-refractivity contribution in [1.29, 1.82) is 0 Å². The molecule has 0 aliphatic rings. The second-order valence-corrected chi connectivity index (χ2v) is 5.26. The standard InChI is InChI=1S/C13H14ClN3O2S/c1-18-9-2-4-10(5-3-9)19-6-7-20-12-8-11(14)16-13(15)17-12/h2-5,8H,6-7H2,1H3,(H2,15,16,17). The number of nitrogens with zero attached hydrogens (tertiary/aromatic N) is 2. The summed E-state index contributed by atoms with van der Waals surface area (Å²) in [5.74, 6) is 2.51. The van der Waals surface area contributed by atoms with E-state index in [9.17, 15) is 0 Å². The molecule has 106 valence electrons. The van der Waals surface area contributed by atoms with Crippen molar-refractivity contribution in [3.05, 3.63) is 35.5 Å². The second-order valence-electron chi connectivity index (χ2n) is 3.76. The molecule has 1 heterocycles. The summed E-state index contributed by atoms with van der Waals surface area (Å²) in [6.07, 6.45) is 0. The van der Waals surface area contributed by atoms with Gasteiger partial charge in [0.1, 0.15) is 21.7 Å². The van der Waals surface area contributed by atoms with Crippen LogP contribution in [0.4, 0.5) is 5.95 Å². The maximum atomic E-state index is 5.80. The van der Waals surface area contributed by atoms with Gasteiger partial charge in [0.25, 0.3) is 0 Å². The average Bonchev–Trinajstić information content (AvgIpc) is 2.43. The van der Waals surface area contributed by atoms with Crippen molar-refractivity contribution in [2.75, 3.05) is 25.2 Å². The number of ether oxygens (including phenoxy) is 2. The van der Waals surface area contributed by atoms with Gasteiger partial charge in [-0.2, -0.15) is 0 Å². The fraction of sp³-hybridized carbons (Fsp3) is 0.231. The summed E-state index contributed by atoms with van der Waals surface area (Å²) in [7, 11) is 1.63. The molecular formula is C13H14ClN3O2S. The highest BCUT2D eigenvalue weighted by molar-refractivity contribution is 7.99. The van der Waals surface area contributed by atoms with Gasteiger partial charge >= 0.3 is 0 Å². The van der Waals surface area contributed by atoms with Gasteiger partial charge in [-0.1, -0.05) is 11.6 Å². The number of thioether (sulfide) groups is 1. The van der Waals surface area contributed by atoms with E-state index in [0.29, 0.717) is 11.8 Å². The van der Waals surface area contributed by atoms with Crippen LogP contribution in [0.1, 0.15) is 0 Å². The number of anilines is 1. The second kappa shape index (κ2) is 7.21. The van der Waals surface area contributed by atoms with Crippen LogP contribution in [0.15, 0.2) is 35.4 Å². The van der Waals surface area contributed by atoms with Crippen molar-refractivity contribution in [3.8, 4) is 11.5 Å². The Labute approximate surface area is 126 Å². The van der Waals surface area contributed by atoms with Crippen molar-refractivity contribution in [2.24, 2.45) is 0 Å². The first-order valence-electron chi connectivity index (χ1n) is 5.87. The monoisotopic (exact) mass is 311 g/mol. The molecule has 1 aromatic heterocycles. The predicted octanol–water partition coefficient (Wildman–Crippen LogP) is 2.89. The molecule has 0 bridgehead atoms. The molecule has 2 aromatic rings. The summed E-state index contributed by atoms with van der Waals surface area (Å²) in [4.78, 5) is 7.88. The first-order chi connectivity index (χ1) is 9.67. The smallest absolute Gasteiger partial charge is 0.222 e. The maximum absolute atomic E-state index is 5.80. The Balaban J connectivity index is 1.78. The highest BCUT2D eigenvalue weighted by atomic mass is 35.5. The van der Waals surface area contributed by atoms with Crippen LogP contribution in [-0.2, 0) is 0 Å². The molecule has 0 saturated heterocycles. The predicted molar refractivity (Wildman–Crippen MR) is 80.7 cm³/mol. The molecule has 0 fully saturated rings. The molecule has 1 aromatic carbocycles. The molecule has 5 nitrogen and oxygen atoms in total. The zero-order chi connectivity index (χ0) is 14.4. The minimum atomic E-state index is 0.177. The number of hydrogen-bond acceptors (Lipinski definition) is 6. The highest BCUT2D eigenvalue weighted by Crippen LogP contribution is 2.20.